The summed E-state index contributed by atoms with van der Waals surface area (Å²) in [5.74, 6) is -0.733. The number of fused-ring (bicyclic) bond motifs is 1. The van der Waals surface area contributed by atoms with Gasteiger partial charge in [-0.1, -0.05) is 0 Å². The van der Waals surface area contributed by atoms with E-state index in [4.69, 9.17) is 0 Å². The van der Waals surface area contributed by atoms with Crippen LogP contribution in [0, 0.1) is 5.41 Å². The fourth-order valence-electron chi connectivity index (χ4n) is 3.04. The third-order valence-electron chi connectivity index (χ3n) is 4.56. The van der Waals surface area contributed by atoms with Crippen molar-refractivity contribution < 1.29 is 19.5 Å². The number of anilines is 1. The number of rotatable bonds is 2. The summed E-state index contributed by atoms with van der Waals surface area (Å²) in [4.78, 5) is 36.6. The lowest BCUT2D eigenvalue weighted by molar-refractivity contribution is -0.146. The van der Waals surface area contributed by atoms with Crippen LogP contribution in [0.3, 0.4) is 0 Å². The van der Waals surface area contributed by atoms with Crippen molar-refractivity contribution in [1.82, 2.24) is 4.90 Å². The van der Waals surface area contributed by atoms with Gasteiger partial charge < -0.3 is 15.3 Å². The van der Waals surface area contributed by atoms with Crippen LogP contribution in [0.25, 0.3) is 0 Å². The molecule has 2 aliphatic rings. The maximum Gasteiger partial charge on any atom is 0.321 e. The van der Waals surface area contributed by atoms with E-state index >= 15 is 0 Å². The van der Waals surface area contributed by atoms with Gasteiger partial charge in [0, 0.05) is 30.8 Å². The van der Waals surface area contributed by atoms with Crippen molar-refractivity contribution in [3.8, 4) is 0 Å². The molecule has 1 fully saturated rings. The topological polar surface area (TPSA) is 86.7 Å². The molecule has 0 aromatic heterocycles. The third kappa shape index (κ3) is 2.45. The molecule has 6 nitrogen and oxygen atoms in total. The fourth-order valence-corrected chi connectivity index (χ4v) is 3.04. The van der Waals surface area contributed by atoms with Gasteiger partial charge in [0.1, 0.15) is 0 Å². The first-order valence-corrected chi connectivity index (χ1v) is 7.34. The zero-order chi connectivity index (χ0) is 15.9. The maximum absolute atomic E-state index is 12.2. The summed E-state index contributed by atoms with van der Waals surface area (Å²) >= 11 is 0. The number of aliphatic carboxylic acids is 1. The van der Waals surface area contributed by atoms with Crippen molar-refractivity contribution in [2.24, 2.45) is 5.41 Å². The number of carboxylic acid groups (broad SMARTS) is 1. The van der Waals surface area contributed by atoms with Gasteiger partial charge in [-0.2, -0.15) is 0 Å². The van der Waals surface area contributed by atoms with Crippen LogP contribution in [-0.2, 0) is 11.2 Å². The van der Waals surface area contributed by atoms with E-state index in [0.717, 1.165) is 11.1 Å². The molecule has 0 radical (unpaired) electrons. The summed E-state index contributed by atoms with van der Waals surface area (Å²) in [7, 11) is 0. The Bertz CT molecular complexity index is 670. The number of urea groups is 1. The number of nitrogens with zero attached hydrogens (tertiary/aromatic N) is 1. The number of hydrogen-bond acceptors (Lipinski definition) is 3. The number of carbonyl (C=O) groups is 3. The molecule has 0 bridgehead atoms. The van der Waals surface area contributed by atoms with E-state index in [0.29, 0.717) is 31.5 Å². The molecular formula is C16H18N2O4. The van der Waals surface area contributed by atoms with Gasteiger partial charge >= 0.3 is 12.0 Å². The van der Waals surface area contributed by atoms with E-state index in [2.05, 4.69) is 5.32 Å². The van der Waals surface area contributed by atoms with Crippen molar-refractivity contribution in [3.63, 3.8) is 0 Å². The second-order valence-electron chi connectivity index (χ2n) is 6.26. The van der Waals surface area contributed by atoms with E-state index in [1.54, 1.807) is 19.1 Å². The average Bonchev–Trinajstić information content (AvgIpc) is 3.04. The Morgan fingerprint density at radius 2 is 2.09 bits per heavy atom. The van der Waals surface area contributed by atoms with Crippen LogP contribution in [0.15, 0.2) is 18.2 Å². The number of Topliss-reactive ketones (excluding diaryl/α,β-unsaturated/α-hetero) is 1. The molecule has 1 aliphatic carbocycles. The lowest BCUT2D eigenvalue weighted by atomic mass is 9.90. The number of carboxylic acids is 1. The largest absolute Gasteiger partial charge is 0.481 e. The molecule has 1 saturated heterocycles. The minimum Gasteiger partial charge on any atom is -0.481 e. The first-order valence-electron chi connectivity index (χ1n) is 7.34. The minimum absolute atomic E-state index is 0.143. The molecule has 2 amide bonds. The van der Waals surface area contributed by atoms with Crippen LogP contribution < -0.4 is 5.32 Å². The summed E-state index contributed by atoms with van der Waals surface area (Å²) in [6, 6.07) is 4.98. The molecule has 1 atom stereocenters. The van der Waals surface area contributed by atoms with Crippen molar-refractivity contribution in [1.29, 1.82) is 0 Å². The predicted octanol–water partition coefficient (Wildman–Crippen LogP) is 2.14. The third-order valence-corrected chi connectivity index (χ3v) is 4.56. The van der Waals surface area contributed by atoms with Crippen molar-refractivity contribution in [3.05, 3.63) is 29.3 Å². The zero-order valence-corrected chi connectivity index (χ0v) is 12.4. The Kier molecular flexibility index (Phi) is 3.39. The highest BCUT2D eigenvalue weighted by Gasteiger charge is 2.42. The van der Waals surface area contributed by atoms with E-state index in [1.165, 1.54) is 4.90 Å². The Balaban J connectivity index is 1.68. The molecule has 22 heavy (non-hydrogen) atoms. The van der Waals surface area contributed by atoms with E-state index in [-0.39, 0.29) is 18.4 Å². The van der Waals surface area contributed by atoms with Gasteiger partial charge in [0.15, 0.2) is 5.78 Å². The molecule has 1 aromatic carbocycles. The predicted molar refractivity (Wildman–Crippen MR) is 80.0 cm³/mol. The first kappa shape index (κ1) is 14.6. The van der Waals surface area contributed by atoms with Crippen LogP contribution in [-0.4, -0.2) is 40.9 Å². The quantitative estimate of drug-likeness (QED) is 0.876. The van der Waals surface area contributed by atoms with Gasteiger partial charge in [0.25, 0.3) is 0 Å². The van der Waals surface area contributed by atoms with Crippen molar-refractivity contribution in [2.45, 2.75) is 26.2 Å². The average molecular weight is 302 g/mol. The number of ketones is 1. The molecular weight excluding hydrogens is 284 g/mol. The van der Waals surface area contributed by atoms with E-state index in [9.17, 15) is 19.5 Å². The molecule has 1 heterocycles. The second kappa shape index (κ2) is 5.12. The zero-order valence-electron chi connectivity index (χ0n) is 12.4. The molecule has 0 saturated carbocycles. The highest BCUT2D eigenvalue weighted by Crippen LogP contribution is 2.31. The van der Waals surface area contributed by atoms with Gasteiger partial charge in [-0.05, 0) is 43.5 Å². The molecule has 116 valence electrons. The lowest BCUT2D eigenvalue weighted by Crippen LogP contribution is -2.37. The number of likely N-dealkylation sites (tertiary alicyclic amines) is 1. The minimum atomic E-state index is -0.876. The lowest BCUT2D eigenvalue weighted by Gasteiger charge is -2.20. The number of hydrogen-bond donors (Lipinski definition) is 2. The monoisotopic (exact) mass is 302 g/mol. The van der Waals surface area contributed by atoms with Crippen LogP contribution in [0.1, 0.15) is 35.7 Å². The van der Waals surface area contributed by atoms with Gasteiger partial charge in [-0.3, -0.25) is 9.59 Å². The SMILES string of the molecule is CC1(C(=O)O)CCN(C(=O)Nc2ccc3c(c2)CCC3=O)C1. The smallest absolute Gasteiger partial charge is 0.321 e. The maximum atomic E-state index is 12.2. The van der Waals surface area contributed by atoms with E-state index in [1.807, 2.05) is 6.07 Å². The van der Waals surface area contributed by atoms with Crippen LogP contribution in [0.2, 0.25) is 0 Å². The second-order valence-corrected chi connectivity index (χ2v) is 6.26. The van der Waals surface area contributed by atoms with E-state index < -0.39 is 11.4 Å². The van der Waals surface area contributed by atoms with Crippen molar-refractivity contribution >= 4 is 23.5 Å². The number of nitrogens with one attached hydrogen (secondary N) is 1. The van der Waals surface area contributed by atoms with Crippen LogP contribution >= 0.6 is 0 Å². The molecule has 1 unspecified atom stereocenters. The summed E-state index contributed by atoms with van der Waals surface area (Å²) in [6.07, 6.45) is 1.68. The van der Waals surface area contributed by atoms with Gasteiger partial charge in [0.2, 0.25) is 0 Å². The van der Waals surface area contributed by atoms with Gasteiger partial charge in [-0.15, -0.1) is 0 Å². The summed E-state index contributed by atoms with van der Waals surface area (Å²) in [5, 5.41) is 12.0. The summed E-state index contributed by atoms with van der Waals surface area (Å²) < 4.78 is 0. The van der Waals surface area contributed by atoms with Crippen LogP contribution in [0.5, 0.6) is 0 Å². The summed E-state index contributed by atoms with van der Waals surface area (Å²) in [6.45, 7) is 2.29. The van der Waals surface area contributed by atoms with Crippen molar-refractivity contribution in [2.75, 3.05) is 18.4 Å². The molecule has 1 aliphatic heterocycles. The highest BCUT2D eigenvalue weighted by molar-refractivity contribution is 6.01. The molecule has 1 aromatic rings. The normalized spacial score (nSPS) is 23.5. The first-order chi connectivity index (χ1) is 10.4. The fraction of sp³-hybridized carbons (Fsp3) is 0.438. The highest BCUT2D eigenvalue weighted by atomic mass is 16.4. The van der Waals surface area contributed by atoms with Gasteiger partial charge in [0.05, 0.1) is 5.41 Å². The number of aryl methyl sites for hydroxylation is 1. The Morgan fingerprint density at radius 3 is 2.77 bits per heavy atom. The Labute approximate surface area is 128 Å². The Morgan fingerprint density at radius 1 is 1.32 bits per heavy atom. The molecule has 6 heteroatoms. The molecule has 0 spiro atoms. The number of benzene rings is 1. The number of carbonyl (C=O) groups excluding carboxylic acids is 2. The van der Waals surface area contributed by atoms with Gasteiger partial charge in [-0.25, -0.2) is 4.79 Å². The Hall–Kier alpha value is -2.37. The standard InChI is InChI=1S/C16H18N2O4/c1-16(14(20)21)6-7-18(9-16)15(22)17-11-3-4-12-10(8-11)2-5-13(12)19/h3-4,8H,2,5-7,9H2,1H3,(H,17,22)(H,20,21). The summed E-state index contributed by atoms with van der Waals surface area (Å²) in [5.41, 5.74) is 1.46. The molecule has 2 N–H and O–H groups in total. The van der Waals surface area contributed by atoms with Crippen LogP contribution in [0.4, 0.5) is 10.5 Å². The number of amides is 2. The molecule has 3 rings (SSSR count).